The Morgan fingerprint density at radius 1 is 1.12 bits per heavy atom. The Labute approximate surface area is 200 Å². The van der Waals surface area contributed by atoms with Gasteiger partial charge in [0.15, 0.2) is 5.78 Å². The van der Waals surface area contributed by atoms with Gasteiger partial charge in [0.2, 0.25) is 0 Å². The van der Waals surface area contributed by atoms with E-state index in [-0.39, 0.29) is 17.8 Å². The minimum Gasteiger partial charge on any atom is -0.297 e. The molecule has 2 heterocycles. The van der Waals surface area contributed by atoms with Gasteiger partial charge in [-0.1, -0.05) is 63.6 Å². The summed E-state index contributed by atoms with van der Waals surface area (Å²) in [6, 6.07) is 8.88. The zero-order valence-electron chi connectivity index (χ0n) is 19.5. The van der Waals surface area contributed by atoms with Crippen LogP contribution < -0.4 is 5.56 Å². The summed E-state index contributed by atoms with van der Waals surface area (Å²) in [6.07, 6.45) is 10.7. The molecule has 1 aliphatic rings. The van der Waals surface area contributed by atoms with Gasteiger partial charge in [0.1, 0.15) is 0 Å². The summed E-state index contributed by atoms with van der Waals surface area (Å²) in [6.45, 7) is 4.32. The van der Waals surface area contributed by atoms with Crippen LogP contribution in [0.4, 0.5) is 0 Å². The third-order valence-electron chi connectivity index (χ3n) is 6.62. The maximum absolute atomic E-state index is 13.6. The van der Waals surface area contributed by atoms with E-state index < -0.39 is 6.04 Å². The number of hydrogen-bond donors (Lipinski definition) is 0. The summed E-state index contributed by atoms with van der Waals surface area (Å²) in [5.41, 5.74) is 2.32. The van der Waals surface area contributed by atoms with E-state index in [1.54, 1.807) is 29.2 Å². The predicted molar refractivity (Wildman–Crippen MR) is 133 cm³/mol. The van der Waals surface area contributed by atoms with Gasteiger partial charge in [-0.2, -0.15) is 0 Å². The number of ketones is 1. The van der Waals surface area contributed by atoms with Gasteiger partial charge in [0.25, 0.3) is 5.56 Å². The van der Waals surface area contributed by atoms with E-state index in [0.717, 1.165) is 24.8 Å². The van der Waals surface area contributed by atoms with E-state index >= 15 is 0 Å². The molecule has 1 atom stereocenters. The van der Waals surface area contributed by atoms with Crippen molar-refractivity contribution < 1.29 is 4.79 Å². The molecule has 3 aromatic rings. The van der Waals surface area contributed by atoms with Crippen LogP contribution in [0.1, 0.15) is 69.7 Å². The van der Waals surface area contributed by atoms with E-state index in [9.17, 15) is 9.59 Å². The van der Waals surface area contributed by atoms with Gasteiger partial charge in [-0.15, -0.1) is 0 Å². The molecule has 1 saturated carbocycles. The fraction of sp³-hybridized carbons (Fsp3) is 0.481. The predicted octanol–water partition coefficient (Wildman–Crippen LogP) is 5.97. The summed E-state index contributed by atoms with van der Waals surface area (Å²) in [5.74, 6) is 0.937. The lowest BCUT2D eigenvalue weighted by atomic mass is 9.83. The number of benzene rings is 1. The average Bonchev–Trinajstić information content (AvgIpc) is 2.80. The number of carbonyl (C=O) groups is 1. The van der Waals surface area contributed by atoms with Crippen LogP contribution in [0.15, 0.2) is 47.7 Å². The Bertz CT molecular complexity index is 1160. The monoisotopic (exact) mass is 465 g/mol. The maximum Gasteiger partial charge on any atom is 0.261 e. The van der Waals surface area contributed by atoms with Gasteiger partial charge in [-0.3, -0.25) is 19.1 Å². The minimum absolute atomic E-state index is 0.00280. The summed E-state index contributed by atoms with van der Waals surface area (Å²) in [7, 11) is 0. The second-order valence-corrected chi connectivity index (χ2v) is 10.2. The van der Waals surface area contributed by atoms with Crippen molar-refractivity contribution in [1.82, 2.24) is 14.5 Å². The molecule has 1 aromatic carbocycles. The molecule has 0 aliphatic heterocycles. The summed E-state index contributed by atoms with van der Waals surface area (Å²) >= 11 is 5.95. The van der Waals surface area contributed by atoms with Crippen molar-refractivity contribution in [2.45, 2.75) is 71.3 Å². The standard InChI is InChI=1S/C27H32ClN3O2/c1-18(2)12-20-8-11-24-23(13-20)27(33)31(17-30-24)25(14-19-6-4-3-5-7-19)26(32)15-22-10-9-21(28)16-29-22/h8-11,13,16-19,25H,3-7,12,14-15H2,1-2H3. The van der Waals surface area contributed by atoms with E-state index in [4.69, 9.17) is 11.6 Å². The molecule has 0 N–H and O–H groups in total. The molecular weight excluding hydrogens is 434 g/mol. The first-order valence-corrected chi connectivity index (χ1v) is 12.4. The van der Waals surface area contributed by atoms with Crippen LogP contribution in [0.25, 0.3) is 10.9 Å². The van der Waals surface area contributed by atoms with Gasteiger partial charge in [0.05, 0.1) is 34.7 Å². The van der Waals surface area contributed by atoms with Gasteiger partial charge < -0.3 is 0 Å². The maximum atomic E-state index is 13.6. The lowest BCUT2D eigenvalue weighted by Gasteiger charge is -2.27. The number of Topliss-reactive ketones (excluding diaryl/α,β-unsaturated/α-hetero) is 1. The Morgan fingerprint density at radius 3 is 2.61 bits per heavy atom. The van der Waals surface area contributed by atoms with Crippen molar-refractivity contribution >= 4 is 28.3 Å². The normalized spacial score (nSPS) is 15.8. The van der Waals surface area contributed by atoms with Gasteiger partial charge in [-0.05, 0) is 54.5 Å². The number of nitrogens with zero attached hydrogens (tertiary/aromatic N) is 3. The topological polar surface area (TPSA) is 64.8 Å². The molecule has 0 saturated heterocycles. The zero-order chi connectivity index (χ0) is 23.4. The number of carbonyl (C=O) groups excluding carboxylic acids is 1. The molecule has 0 amide bonds. The number of aromatic nitrogens is 3. The first-order chi connectivity index (χ1) is 15.9. The molecule has 2 aromatic heterocycles. The number of pyridine rings is 1. The SMILES string of the molecule is CC(C)Cc1ccc2ncn(C(CC3CCCCC3)C(=O)Cc3ccc(Cl)cn3)c(=O)c2c1. The highest BCUT2D eigenvalue weighted by Gasteiger charge is 2.27. The van der Waals surface area contributed by atoms with Crippen LogP contribution in [0.3, 0.4) is 0 Å². The highest BCUT2D eigenvalue weighted by atomic mass is 35.5. The summed E-state index contributed by atoms with van der Waals surface area (Å²) < 4.78 is 1.58. The van der Waals surface area contributed by atoms with Crippen LogP contribution >= 0.6 is 11.6 Å². The lowest BCUT2D eigenvalue weighted by molar-refractivity contribution is -0.122. The van der Waals surface area contributed by atoms with E-state index in [2.05, 4.69) is 23.8 Å². The zero-order valence-corrected chi connectivity index (χ0v) is 20.2. The Hall–Kier alpha value is -2.53. The van der Waals surface area contributed by atoms with Crippen LogP contribution in [-0.2, 0) is 17.6 Å². The lowest BCUT2D eigenvalue weighted by Crippen LogP contribution is -2.33. The third-order valence-corrected chi connectivity index (χ3v) is 6.85. The average molecular weight is 466 g/mol. The van der Waals surface area contributed by atoms with Crippen molar-refractivity contribution in [1.29, 1.82) is 0 Å². The highest BCUT2D eigenvalue weighted by molar-refractivity contribution is 6.30. The Balaban J connectivity index is 1.70. The van der Waals surface area contributed by atoms with Crippen LogP contribution in [0, 0.1) is 11.8 Å². The summed E-state index contributed by atoms with van der Waals surface area (Å²) in [5, 5.41) is 1.12. The molecule has 0 spiro atoms. The van der Waals surface area contributed by atoms with Gasteiger partial charge >= 0.3 is 0 Å². The molecule has 174 valence electrons. The van der Waals surface area contributed by atoms with Crippen molar-refractivity contribution in [3.05, 3.63) is 69.5 Å². The fourth-order valence-corrected chi connectivity index (χ4v) is 5.06. The van der Waals surface area contributed by atoms with Crippen molar-refractivity contribution in [3.8, 4) is 0 Å². The van der Waals surface area contributed by atoms with E-state index in [1.165, 1.54) is 19.3 Å². The molecule has 6 heteroatoms. The third kappa shape index (κ3) is 5.89. The number of halogens is 1. The number of hydrogen-bond acceptors (Lipinski definition) is 4. The van der Waals surface area contributed by atoms with Crippen LogP contribution in [0.5, 0.6) is 0 Å². The quantitative estimate of drug-likeness (QED) is 0.411. The van der Waals surface area contributed by atoms with Crippen molar-refractivity contribution in [2.24, 2.45) is 11.8 Å². The number of fused-ring (bicyclic) bond motifs is 1. The second kappa shape index (κ2) is 10.6. The molecule has 0 radical (unpaired) electrons. The largest absolute Gasteiger partial charge is 0.297 e. The smallest absolute Gasteiger partial charge is 0.261 e. The fourth-order valence-electron chi connectivity index (χ4n) is 4.95. The second-order valence-electron chi connectivity index (χ2n) is 9.77. The molecular formula is C27H32ClN3O2. The molecule has 1 unspecified atom stereocenters. The molecule has 0 bridgehead atoms. The van der Waals surface area contributed by atoms with Gasteiger partial charge in [-0.25, -0.2) is 4.98 Å². The van der Waals surface area contributed by atoms with Crippen molar-refractivity contribution in [3.63, 3.8) is 0 Å². The first kappa shape index (κ1) is 23.6. The van der Waals surface area contributed by atoms with E-state index in [0.29, 0.717) is 39.9 Å². The molecule has 1 fully saturated rings. The van der Waals surface area contributed by atoms with Crippen LogP contribution in [-0.4, -0.2) is 20.3 Å². The molecule has 33 heavy (non-hydrogen) atoms. The first-order valence-electron chi connectivity index (χ1n) is 12.0. The minimum atomic E-state index is -0.538. The Kier molecular flexibility index (Phi) is 7.59. The number of rotatable bonds is 8. The Morgan fingerprint density at radius 2 is 1.91 bits per heavy atom. The van der Waals surface area contributed by atoms with E-state index in [1.807, 2.05) is 18.2 Å². The molecule has 4 rings (SSSR count). The van der Waals surface area contributed by atoms with Crippen molar-refractivity contribution in [2.75, 3.05) is 0 Å². The molecule has 5 nitrogen and oxygen atoms in total. The van der Waals surface area contributed by atoms with Crippen LogP contribution in [0.2, 0.25) is 5.02 Å². The highest BCUT2D eigenvalue weighted by Crippen LogP contribution is 2.31. The summed E-state index contributed by atoms with van der Waals surface area (Å²) in [4.78, 5) is 36.0. The van der Waals surface area contributed by atoms with Gasteiger partial charge in [0, 0.05) is 11.9 Å². The molecule has 1 aliphatic carbocycles.